The van der Waals surface area contributed by atoms with Gasteiger partial charge in [-0.05, 0) is 56.8 Å². The van der Waals surface area contributed by atoms with Crippen LogP contribution in [0.25, 0.3) is 0 Å². The van der Waals surface area contributed by atoms with Crippen molar-refractivity contribution in [3.8, 4) is 0 Å². The van der Waals surface area contributed by atoms with Crippen molar-refractivity contribution in [1.29, 1.82) is 0 Å². The average Bonchev–Trinajstić information content (AvgIpc) is 2.94. The number of rotatable bonds is 2. The van der Waals surface area contributed by atoms with E-state index in [1.807, 2.05) is 6.07 Å². The second-order valence-corrected chi connectivity index (χ2v) is 5.13. The molecule has 2 saturated heterocycles. The third-order valence-corrected chi connectivity index (χ3v) is 4.09. The molecule has 0 amide bonds. The van der Waals surface area contributed by atoms with Crippen LogP contribution in [0.4, 0.5) is 5.82 Å². The van der Waals surface area contributed by atoms with Crippen molar-refractivity contribution in [2.24, 2.45) is 5.92 Å². The first kappa shape index (κ1) is 11.0. The highest BCUT2D eigenvalue weighted by atomic mass is 15.2. The average molecular weight is 230 g/mol. The molecule has 2 aliphatic rings. The van der Waals surface area contributed by atoms with Crippen molar-refractivity contribution in [2.45, 2.75) is 31.7 Å². The summed E-state index contributed by atoms with van der Waals surface area (Å²) in [6, 6.07) is 7.77. The fourth-order valence-corrected chi connectivity index (χ4v) is 3.22. The van der Waals surface area contributed by atoms with Gasteiger partial charge in [-0.15, -0.1) is 0 Å². The Morgan fingerprint density at radius 3 is 3.12 bits per heavy atom. The highest BCUT2D eigenvalue weighted by molar-refractivity contribution is 5.39. The first-order valence-corrected chi connectivity index (χ1v) is 6.74. The Morgan fingerprint density at radius 1 is 1.35 bits per heavy atom. The second-order valence-electron chi connectivity index (χ2n) is 5.13. The molecule has 2 fully saturated rings. The molecule has 2 unspecified atom stereocenters. The summed E-state index contributed by atoms with van der Waals surface area (Å²) in [6.07, 6.45) is 7.11. The van der Waals surface area contributed by atoms with Gasteiger partial charge in [0.1, 0.15) is 5.82 Å². The standard InChI is InChI=1S/C14H20N3/c1-3-8-16-14(6-1)17-10-4-2-5-13(17)12-7-9-15-11-12/h1,6,8,12-13,15H,2,4-5,7,9-11H2. The molecule has 0 spiro atoms. The molecular formula is C14H20N3. The molecule has 2 atom stereocenters. The molecule has 3 rings (SSSR count). The summed E-state index contributed by atoms with van der Waals surface area (Å²) >= 11 is 0. The first-order valence-electron chi connectivity index (χ1n) is 6.74. The molecule has 3 nitrogen and oxygen atoms in total. The maximum Gasteiger partial charge on any atom is 0.128 e. The van der Waals surface area contributed by atoms with E-state index >= 15 is 0 Å². The lowest BCUT2D eigenvalue weighted by Crippen LogP contribution is -2.45. The van der Waals surface area contributed by atoms with Gasteiger partial charge in [-0.2, -0.15) is 0 Å². The van der Waals surface area contributed by atoms with Gasteiger partial charge in [0.15, 0.2) is 0 Å². The fraction of sp³-hybridized carbons (Fsp3) is 0.643. The minimum Gasteiger partial charge on any atom is -0.353 e. The largest absolute Gasteiger partial charge is 0.353 e. The lowest BCUT2D eigenvalue weighted by atomic mass is 9.89. The van der Waals surface area contributed by atoms with Gasteiger partial charge in [0.2, 0.25) is 0 Å². The van der Waals surface area contributed by atoms with E-state index in [0.29, 0.717) is 6.04 Å². The van der Waals surface area contributed by atoms with Crippen LogP contribution < -0.4 is 10.2 Å². The third-order valence-electron chi connectivity index (χ3n) is 4.09. The number of hydrogen-bond acceptors (Lipinski definition) is 3. The number of nitrogens with one attached hydrogen (secondary N) is 1. The zero-order valence-electron chi connectivity index (χ0n) is 10.2. The lowest BCUT2D eigenvalue weighted by molar-refractivity contribution is 0.353. The molecule has 3 heteroatoms. The van der Waals surface area contributed by atoms with Crippen molar-refractivity contribution in [1.82, 2.24) is 10.3 Å². The monoisotopic (exact) mass is 230 g/mol. The van der Waals surface area contributed by atoms with E-state index in [9.17, 15) is 0 Å². The zero-order valence-corrected chi connectivity index (χ0v) is 10.2. The fourth-order valence-electron chi connectivity index (χ4n) is 3.22. The van der Waals surface area contributed by atoms with E-state index in [4.69, 9.17) is 0 Å². The summed E-state index contributed by atoms with van der Waals surface area (Å²) < 4.78 is 0. The minimum absolute atomic E-state index is 0.689. The van der Waals surface area contributed by atoms with Crippen LogP contribution in [-0.4, -0.2) is 30.7 Å². The number of nitrogens with zero attached hydrogens (tertiary/aromatic N) is 2. The van der Waals surface area contributed by atoms with E-state index in [2.05, 4.69) is 27.3 Å². The van der Waals surface area contributed by atoms with Gasteiger partial charge in [-0.3, -0.25) is 0 Å². The second kappa shape index (κ2) is 5.05. The van der Waals surface area contributed by atoms with Gasteiger partial charge >= 0.3 is 0 Å². The summed E-state index contributed by atoms with van der Waals surface area (Å²) in [5.41, 5.74) is 0. The van der Waals surface area contributed by atoms with Gasteiger partial charge in [0.05, 0.1) is 0 Å². The quantitative estimate of drug-likeness (QED) is 0.840. The highest BCUT2D eigenvalue weighted by Crippen LogP contribution is 2.30. The molecular weight excluding hydrogens is 210 g/mol. The van der Waals surface area contributed by atoms with E-state index in [0.717, 1.165) is 18.3 Å². The Bertz CT molecular complexity index is 346. The van der Waals surface area contributed by atoms with E-state index in [1.54, 1.807) is 6.20 Å². The molecule has 0 saturated carbocycles. The number of anilines is 1. The Kier molecular flexibility index (Phi) is 3.27. The van der Waals surface area contributed by atoms with Crippen LogP contribution in [-0.2, 0) is 0 Å². The van der Waals surface area contributed by atoms with Crippen LogP contribution >= 0.6 is 0 Å². The molecule has 3 heterocycles. The van der Waals surface area contributed by atoms with Crippen molar-refractivity contribution < 1.29 is 0 Å². The highest BCUT2D eigenvalue weighted by Gasteiger charge is 2.32. The van der Waals surface area contributed by atoms with Crippen LogP contribution in [0.5, 0.6) is 0 Å². The topological polar surface area (TPSA) is 28.2 Å². The summed E-state index contributed by atoms with van der Waals surface area (Å²) in [6.45, 7) is 3.53. The first-order chi connectivity index (χ1) is 8.45. The van der Waals surface area contributed by atoms with E-state index in [-0.39, 0.29) is 0 Å². The van der Waals surface area contributed by atoms with Crippen molar-refractivity contribution >= 4 is 5.82 Å². The third kappa shape index (κ3) is 2.29. The van der Waals surface area contributed by atoms with E-state index in [1.165, 1.54) is 38.8 Å². The summed E-state index contributed by atoms with van der Waals surface area (Å²) in [4.78, 5) is 7.00. The summed E-state index contributed by atoms with van der Waals surface area (Å²) in [5, 5.41) is 3.49. The molecule has 2 aliphatic heterocycles. The summed E-state index contributed by atoms with van der Waals surface area (Å²) in [5.74, 6) is 1.95. The van der Waals surface area contributed by atoms with Gasteiger partial charge in [0.25, 0.3) is 0 Å². The number of hydrogen-bond donors (Lipinski definition) is 1. The van der Waals surface area contributed by atoms with Crippen LogP contribution in [0.3, 0.4) is 0 Å². The molecule has 1 N–H and O–H groups in total. The van der Waals surface area contributed by atoms with E-state index < -0.39 is 0 Å². The smallest absolute Gasteiger partial charge is 0.128 e. The molecule has 1 aromatic heterocycles. The lowest BCUT2D eigenvalue weighted by Gasteiger charge is -2.40. The van der Waals surface area contributed by atoms with Crippen LogP contribution in [0.15, 0.2) is 18.3 Å². The normalized spacial score (nSPS) is 29.5. The molecule has 0 aliphatic carbocycles. The van der Waals surface area contributed by atoms with Crippen LogP contribution in [0.2, 0.25) is 0 Å². The number of piperidine rings is 1. The summed E-state index contributed by atoms with van der Waals surface area (Å²) in [7, 11) is 0. The van der Waals surface area contributed by atoms with Crippen LogP contribution in [0.1, 0.15) is 25.7 Å². The maximum atomic E-state index is 4.47. The Hall–Kier alpha value is -1.09. The molecule has 91 valence electrons. The molecule has 1 radical (unpaired) electrons. The SMILES string of the molecule is [c]1ccc(N2CCCCC2C2CCNC2)nc1. The predicted octanol–water partition coefficient (Wildman–Crippen LogP) is 1.85. The zero-order chi connectivity index (χ0) is 11.5. The minimum atomic E-state index is 0.689. The molecule has 1 aromatic rings. The van der Waals surface area contributed by atoms with Gasteiger partial charge < -0.3 is 10.2 Å². The molecule has 0 aromatic carbocycles. The van der Waals surface area contributed by atoms with Crippen molar-refractivity contribution in [3.63, 3.8) is 0 Å². The number of pyridine rings is 1. The maximum absolute atomic E-state index is 4.47. The van der Waals surface area contributed by atoms with Gasteiger partial charge in [-0.25, -0.2) is 4.98 Å². The van der Waals surface area contributed by atoms with Gasteiger partial charge in [-0.1, -0.05) is 0 Å². The molecule has 0 bridgehead atoms. The van der Waals surface area contributed by atoms with Crippen molar-refractivity contribution in [2.75, 3.05) is 24.5 Å². The Labute approximate surface area is 103 Å². The Morgan fingerprint density at radius 2 is 2.35 bits per heavy atom. The Balaban J connectivity index is 1.80. The molecule has 17 heavy (non-hydrogen) atoms. The van der Waals surface area contributed by atoms with Gasteiger partial charge in [0, 0.05) is 24.8 Å². The predicted molar refractivity (Wildman–Crippen MR) is 69.0 cm³/mol. The van der Waals surface area contributed by atoms with Crippen molar-refractivity contribution in [3.05, 3.63) is 24.4 Å². The van der Waals surface area contributed by atoms with Crippen LogP contribution in [0, 0.1) is 12.0 Å². The number of aromatic nitrogens is 1.